The van der Waals surface area contributed by atoms with Gasteiger partial charge in [0.1, 0.15) is 0 Å². The molecule has 0 aliphatic carbocycles. The first-order chi connectivity index (χ1) is 10.3. The van der Waals surface area contributed by atoms with Gasteiger partial charge in [-0.15, -0.1) is 0 Å². The maximum absolute atomic E-state index is 5.66. The second kappa shape index (κ2) is 5.73. The Kier molecular flexibility index (Phi) is 3.63. The Morgan fingerprint density at radius 2 is 1.57 bits per heavy atom. The molecule has 0 amide bonds. The van der Waals surface area contributed by atoms with Gasteiger partial charge in [-0.25, -0.2) is 9.97 Å². The van der Waals surface area contributed by atoms with Crippen molar-refractivity contribution >= 4 is 17.8 Å². The van der Waals surface area contributed by atoms with Gasteiger partial charge >= 0.3 is 6.01 Å². The molecule has 0 unspecified atom stereocenters. The molecule has 9 heteroatoms. The average molecular weight is 288 g/mol. The van der Waals surface area contributed by atoms with Crippen molar-refractivity contribution in [1.82, 2.24) is 24.9 Å². The summed E-state index contributed by atoms with van der Waals surface area (Å²) in [5, 5.41) is 0. The van der Waals surface area contributed by atoms with Gasteiger partial charge in [0, 0.05) is 38.6 Å². The summed E-state index contributed by atoms with van der Waals surface area (Å²) < 4.78 is 5.02. The number of nitrogen functional groups attached to an aromatic ring is 1. The molecule has 2 aromatic heterocycles. The van der Waals surface area contributed by atoms with Gasteiger partial charge in [-0.1, -0.05) is 0 Å². The largest absolute Gasteiger partial charge is 0.467 e. The molecule has 1 saturated heterocycles. The fourth-order valence-electron chi connectivity index (χ4n) is 2.15. The number of nitrogens with zero attached hydrogens (tertiary/aromatic N) is 7. The van der Waals surface area contributed by atoms with Gasteiger partial charge in [0.2, 0.25) is 17.8 Å². The molecule has 0 aromatic carbocycles. The summed E-state index contributed by atoms with van der Waals surface area (Å²) in [5.41, 5.74) is 5.66. The third kappa shape index (κ3) is 2.91. The van der Waals surface area contributed by atoms with Gasteiger partial charge in [-0.05, 0) is 6.07 Å². The number of piperazine rings is 1. The average Bonchev–Trinajstić information content (AvgIpc) is 2.55. The molecule has 0 spiro atoms. The molecule has 9 nitrogen and oxygen atoms in total. The summed E-state index contributed by atoms with van der Waals surface area (Å²) in [4.78, 5) is 24.9. The van der Waals surface area contributed by atoms with Gasteiger partial charge in [0.25, 0.3) is 0 Å². The van der Waals surface area contributed by atoms with E-state index < -0.39 is 0 Å². The number of anilines is 3. The number of hydrogen-bond acceptors (Lipinski definition) is 9. The van der Waals surface area contributed by atoms with Crippen LogP contribution in [0.5, 0.6) is 6.01 Å². The minimum Gasteiger partial charge on any atom is -0.467 e. The molecular weight excluding hydrogens is 272 g/mol. The summed E-state index contributed by atoms with van der Waals surface area (Å²) in [5.74, 6) is 1.43. The molecule has 1 aliphatic heterocycles. The van der Waals surface area contributed by atoms with Crippen molar-refractivity contribution in [2.45, 2.75) is 0 Å². The van der Waals surface area contributed by atoms with Crippen LogP contribution in [0.3, 0.4) is 0 Å². The molecule has 0 bridgehead atoms. The Balaban J connectivity index is 1.70. The lowest BCUT2D eigenvalue weighted by molar-refractivity contribution is 0.378. The summed E-state index contributed by atoms with van der Waals surface area (Å²) in [6, 6.07) is 2.03. The molecule has 0 atom stereocenters. The first-order valence-corrected chi connectivity index (χ1v) is 6.59. The van der Waals surface area contributed by atoms with Crippen LogP contribution in [0.25, 0.3) is 0 Å². The van der Waals surface area contributed by atoms with E-state index in [-0.39, 0.29) is 12.0 Å². The zero-order chi connectivity index (χ0) is 14.7. The molecule has 1 fully saturated rings. The Hall–Kier alpha value is -2.71. The van der Waals surface area contributed by atoms with Crippen molar-refractivity contribution < 1.29 is 4.74 Å². The summed E-state index contributed by atoms with van der Waals surface area (Å²) in [7, 11) is 1.50. The van der Waals surface area contributed by atoms with Crippen molar-refractivity contribution in [3.05, 3.63) is 18.5 Å². The van der Waals surface area contributed by atoms with Crippen LogP contribution in [-0.4, -0.2) is 58.2 Å². The van der Waals surface area contributed by atoms with Gasteiger partial charge in [0.15, 0.2) is 0 Å². The number of nitrogens with two attached hydrogens (primary N) is 1. The molecule has 110 valence electrons. The number of rotatable bonds is 3. The second-order valence-corrected chi connectivity index (χ2v) is 4.50. The van der Waals surface area contributed by atoms with E-state index in [1.54, 1.807) is 18.5 Å². The zero-order valence-corrected chi connectivity index (χ0v) is 11.7. The van der Waals surface area contributed by atoms with Crippen molar-refractivity contribution in [2.24, 2.45) is 0 Å². The number of ether oxygens (including phenoxy) is 1. The van der Waals surface area contributed by atoms with Gasteiger partial charge < -0.3 is 20.3 Å². The molecule has 0 radical (unpaired) electrons. The number of methoxy groups -OCH3 is 1. The van der Waals surface area contributed by atoms with E-state index in [9.17, 15) is 0 Å². The monoisotopic (exact) mass is 288 g/mol. The van der Waals surface area contributed by atoms with Crippen molar-refractivity contribution in [3.63, 3.8) is 0 Å². The highest BCUT2D eigenvalue weighted by Crippen LogP contribution is 2.16. The van der Waals surface area contributed by atoms with E-state index in [2.05, 4.69) is 29.8 Å². The minimum atomic E-state index is 0.158. The first kappa shape index (κ1) is 13.3. The standard InChI is InChI=1S/C12H16N8O/c1-21-12-17-9(13)16-11(18-12)20-7-5-19(6-8-20)10-14-3-2-4-15-10/h2-4H,5-8H2,1H3,(H2,13,16,17,18). The highest BCUT2D eigenvalue weighted by molar-refractivity contribution is 5.40. The van der Waals surface area contributed by atoms with Gasteiger partial charge in [-0.2, -0.15) is 15.0 Å². The molecule has 2 N–H and O–H groups in total. The predicted molar refractivity (Wildman–Crippen MR) is 77.2 cm³/mol. The van der Waals surface area contributed by atoms with Crippen LogP contribution in [0, 0.1) is 0 Å². The smallest absolute Gasteiger partial charge is 0.322 e. The number of hydrogen-bond donors (Lipinski definition) is 1. The highest BCUT2D eigenvalue weighted by Gasteiger charge is 2.21. The van der Waals surface area contributed by atoms with E-state index in [4.69, 9.17) is 10.5 Å². The van der Waals surface area contributed by atoms with E-state index >= 15 is 0 Å². The molecule has 3 rings (SSSR count). The molecule has 1 aliphatic rings. The molecule has 21 heavy (non-hydrogen) atoms. The summed E-state index contributed by atoms with van der Waals surface area (Å²) in [6.45, 7) is 3.09. The van der Waals surface area contributed by atoms with Crippen LogP contribution in [0.1, 0.15) is 0 Å². The lowest BCUT2D eigenvalue weighted by Gasteiger charge is -2.34. The first-order valence-electron chi connectivity index (χ1n) is 6.59. The van der Waals surface area contributed by atoms with Crippen LogP contribution < -0.4 is 20.3 Å². The summed E-state index contributed by atoms with van der Waals surface area (Å²) in [6.07, 6.45) is 3.48. The highest BCUT2D eigenvalue weighted by atomic mass is 16.5. The Labute approximate surface area is 121 Å². The maximum atomic E-state index is 5.66. The van der Waals surface area contributed by atoms with Crippen LogP contribution in [-0.2, 0) is 0 Å². The van der Waals surface area contributed by atoms with E-state index in [1.165, 1.54) is 7.11 Å². The fraction of sp³-hybridized carbons (Fsp3) is 0.417. The maximum Gasteiger partial charge on any atom is 0.322 e. The SMILES string of the molecule is COc1nc(N)nc(N2CCN(c3ncccn3)CC2)n1. The van der Waals surface area contributed by atoms with Crippen LogP contribution in [0.2, 0.25) is 0 Å². The normalized spacial score (nSPS) is 15.1. The lowest BCUT2D eigenvalue weighted by atomic mass is 10.3. The Morgan fingerprint density at radius 1 is 0.952 bits per heavy atom. The van der Waals surface area contributed by atoms with Crippen molar-refractivity contribution in [1.29, 1.82) is 0 Å². The van der Waals surface area contributed by atoms with E-state index in [1.807, 2.05) is 4.90 Å². The van der Waals surface area contributed by atoms with Gasteiger partial charge in [0.05, 0.1) is 7.11 Å². The lowest BCUT2D eigenvalue weighted by Crippen LogP contribution is -2.47. The fourth-order valence-corrected chi connectivity index (χ4v) is 2.15. The predicted octanol–water partition coefficient (Wildman–Crippen LogP) is -0.421. The quantitative estimate of drug-likeness (QED) is 0.805. The third-order valence-corrected chi connectivity index (χ3v) is 3.20. The van der Waals surface area contributed by atoms with Crippen LogP contribution >= 0.6 is 0 Å². The topological polar surface area (TPSA) is 106 Å². The third-order valence-electron chi connectivity index (χ3n) is 3.20. The molecule has 2 aromatic rings. The second-order valence-electron chi connectivity index (χ2n) is 4.50. The van der Waals surface area contributed by atoms with Crippen molar-refractivity contribution in [2.75, 3.05) is 48.8 Å². The van der Waals surface area contributed by atoms with E-state index in [0.717, 1.165) is 32.1 Å². The zero-order valence-electron chi connectivity index (χ0n) is 11.7. The molecule has 0 saturated carbocycles. The van der Waals surface area contributed by atoms with E-state index in [0.29, 0.717) is 5.95 Å². The Morgan fingerprint density at radius 3 is 2.19 bits per heavy atom. The Bertz CT molecular complexity index is 599. The van der Waals surface area contributed by atoms with Gasteiger partial charge in [-0.3, -0.25) is 0 Å². The number of aromatic nitrogens is 5. The van der Waals surface area contributed by atoms with Crippen molar-refractivity contribution in [3.8, 4) is 6.01 Å². The van der Waals surface area contributed by atoms with Crippen LogP contribution in [0.15, 0.2) is 18.5 Å². The molecular formula is C12H16N8O. The molecule has 3 heterocycles. The summed E-state index contributed by atoms with van der Waals surface area (Å²) >= 11 is 0. The minimum absolute atomic E-state index is 0.158. The van der Waals surface area contributed by atoms with Crippen LogP contribution in [0.4, 0.5) is 17.8 Å².